The molecule has 2 N–H and O–H groups in total. The number of benzene rings is 1. The zero-order chi connectivity index (χ0) is 11.5. The summed E-state index contributed by atoms with van der Waals surface area (Å²) in [7, 11) is 1.75. The molecule has 0 aliphatic rings. The Kier molecular flexibility index (Phi) is 3.77. The van der Waals surface area contributed by atoms with Crippen LogP contribution < -0.4 is 5.32 Å². The SMILES string of the molecule is CNCCC(C)(O)c1cc(F)cc(F)c1. The lowest BCUT2D eigenvalue weighted by atomic mass is 9.92. The van der Waals surface area contributed by atoms with Gasteiger partial charge in [-0.1, -0.05) is 0 Å². The van der Waals surface area contributed by atoms with Crippen LogP contribution in [0.2, 0.25) is 0 Å². The van der Waals surface area contributed by atoms with Crippen LogP contribution in [-0.2, 0) is 5.60 Å². The molecule has 1 aromatic rings. The fourth-order valence-electron chi connectivity index (χ4n) is 1.38. The summed E-state index contributed by atoms with van der Waals surface area (Å²) in [6.45, 7) is 2.11. The molecule has 1 aromatic carbocycles. The minimum atomic E-state index is -1.22. The molecule has 15 heavy (non-hydrogen) atoms. The van der Waals surface area contributed by atoms with E-state index in [0.29, 0.717) is 13.0 Å². The maximum absolute atomic E-state index is 12.9. The Morgan fingerprint density at radius 1 is 1.27 bits per heavy atom. The molecule has 2 nitrogen and oxygen atoms in total. The third-order valence-electron chi connectivity index (χ3n) is 2.35. The van der Waals surface area contributed by atoms with Gasteiger partial charge in [0, 0.05) is 6.07 Å². The fourth-order valence-corrected chi connectivity index (χ4v) is 1.38. The van der Waals surface area contributed by atoms with E-state index < -0.39 is 17.2 Å². The predicted octanol–water partition coefficient (Wildman–Crippen LogP) is 1.78. The van der Waals surface area contributed by atoms with Gasteiger partial charge in [0.1, 0.15) is 11.6 Å². The van der Waals surface area contributed by atoms with Crippen LogP contribution in [0.5, 0.6) is 0 Å². The van der Waals surface area contributed by atoms with Gasteiger partial charge in [0.2, 0.25) is 0 Å². The van der Waals surface area contributed by atoms with E-state index in [9.17, 15) is 13.9 Å². The van der Waals surface area contributed by atoms with Gasteiger partial charge in [-0.05, 0) is 44.6 Å². The summed E-state index contributed by atoms with van der Waals surface area (Å²) in [6, 6.07) is 3.09. The number of rotatable bonds is 4. The summed E-state index contributed by atoms with van der Waals surface area (Å²) in [5, 5.41) is 12.9. The van der Waals surface area contributed by atoms with Crippen LogP contribution in [0.3, 0.4) is 0 Å². The smallest absolute Gasteiger partial charge is 0.126 e. The fraction of sp³-hybridized carbons (Fsp3) is 0.455. The van der Waals surface area contributed by atoms with E-state index in [0.717, 1.165) is 18.2 Å². The molecule has 1 unspecified atom stereocenters. The second-order valence-electron chi connectivity index (χ2n) is 3.79. The van der Waals surface area contributed by atoms with E-state index in [2.05, 4.69) is 5.32 Å². The number of hydrogen-bond donors (Lipinski definition) is 2. The van der Waals surface area contributed by atoms with Crippen molar-refractivity contribution in [3.63, 3.8) is 0 Å². The zero-order valence-corrected chi connectivity index (χ0v) is 8.85. The van der Waals surface area contributed by atoms with E-state index in [1.807, 2.05) is 0 Å². The van der Waals surface area contributed by atoms with E-state index >= 15 is 0 Å². The third kappa shape index (κ3) is 3.25. The molecule has 0 aromatic heterocycles. The van der Waals surface area contributed by atoms with Gasteiger partial charge in [-0.25, -0.2) is 8.78 Å². The van der Waals surface area contributed by atoms with Gasteiger partial charge in [0.15, 0.2) is 0 Å². The maximum Gasteiger partial charge on any atom is 0.126 e. The highest BCUT2D eigenvalue weighted by atomic mass is 19.1. The van der Waals surface area contributed by atoms with Gasteiger partial charge >= 0.3 is 0 Å². The molecular formula is C11H15F2NO. The summed E-state index contributed by atoms with van der Waals surface area (Å²) in [4.78, 5) is 0. The molecule has 1 rings (SSSR count). The molecule has 0 radical (unpaired) electrons. The average molecular weight is 215 g/mol. The molecule has 0 amide bonds. The van der Waals surface area contributed by atoms with Crippen molar-refractivity contribution in [2.24, 2.45) is 0 Å². The van der Waals surface area contributed by atoms with E-state index in [1.54, 1.807) is 14.0 Å². The summed E-state index contributed by atoms with van der Waals surface area (Å²) in [5.74, 6) is -1.34. The van der Waals surface area contributed by atoms with Gasteiger partial charge in [0.25, 0.3) is 0 Å². The molecule has 0 bridgehead atoms. The Hall–Kier alpha value is -1.00. The molecule has 0 fully saturated rings. The molecule has 0 aliphatic carbocycles. The molecule has 0 saturated heterocycles. The van der Waals surface area contributed by atoms with Gasteiger partial charge in [-0.2, -0.15) is 0 Å². The number of nitrogens with one attached hydrogen (secondary N) is 1. The van der Waals surface area contributed by atoms with Crippen LogP contribution in [0.1, 0.15) is 18.9 Å². The van der Waals surface area contributed by atoms with Crippen molar-refractivity contribution in [2.45, 2.75) is 18.9 Å². The van der Waals surface area contributed by atoms with E-state index in [1.165, 1.54) is 0 Å². The first-order valence-electron chi connectivity index (χ1n) is 4.79. The van der Waals surface area contributed by atoms with E-state index in [4.69, 9.17) is 0 Å². The lowest BCUT2D eigenvalue weighted by Gasteiger charge is -2.23. The lowest BCUT2D eigenvalue weighted by molar-refractivity contribution is 0.0479. The minimum absolute atomic E-state index is 0.259. The van der Waals surface area contributed by atoms with Crippen molar-refractivity contribution in [2.75, 3.05) is 13.6 Å². The lowest BCUT2D eigenvalue weighted by Crippen LogP contribution is -2.26. The third-order valence-corrected chi connectivity index (χ3v) is 2.35. The Morgan fingerprint density at radius 2 is 1.80 bits per heavy atom. The first kappa shape index (κ1) is 12.1. The highest BCUT2D eigenvalue weighted by molar-refractivity contribution is 5.23. The van der Waals surface area contributed by atoms with Gasteiger partial charge in [-0.15, -0.1) is 0 Å². The van der Waals surface area contributed by atoms with Gasteiger partial charge in [-0.3, -0.25) is 0 Å². The summed E-state index contributed by atoms with van der Waals surface area (Å²) in [6.07, 6.45) is 0.395. The molecule has 0 saturated carbocycles. The molecule has 84 valence electrons. The van der Waals surface area contributed by atoms with Crippen molar-refractivity contribution in [1.82, 2.24) is 5.32 Å². The monoisotopic (exact) mass is 215 g/mol. The standard InChI is InChI=1S/C11H15F2NO/c1-11(15,3-4-14-2)8-5-9(12)7-10(13)6-8/h5-7,14-15H,3-4H2,1-2H3. The van der Waals surface area contributed by atoms with Crippen molar-refractivity contribution in [1.29, 1.82) is 0 Å². The Morgan fingerprint density at radius 3 is 2.27 bits per heavy atom. The Balaban J connectivity index is 2.93. The minimum Gasteiger partial charge on any atom is -0.385 e. The number of halogens is 2. The maximum atomic E-state index is 12.9. The second kappa shape index (κ2) is 4.68. The van der Waals surface area contributed by atoms with Crippen LogP contribution in [-0.4, -0.2) is 18.7 Å². The molecule has 0 aliphatic heterocycles. The van der Waals surface area contributed by atoms with Crippen molar-refractivity contribution in [3.05, 3.63) is 35.4 Å². The van der Waals surface area contributed by atoms with Crippen molar-refractivity contribution >= 4 is 0 Å². The largest absolute Gasteiger partial charge is 0.385 e. The van der Waals surface area contributed by atoms with E-state index in [-0.39, 0.29) is 5.56 Å². The molecular weight excluding hydrogens is 200 g/mol. The van der Waals surface area contributed by atoms with Gasteiger partial charge < -0.3 is 10.4 Å². The molecule has 0 heterocycles. The van der Waals surface area contributed by atoms with Crippen molar-refractivity contribution < 1.29 is 13.9 Å². The van der Waals surface area contributed by atoms with Crippen LogP contribution >= 0.6 is 0 Å². The molecule has 0 spiro atoms. The van der Waals surface area contributed by atoms with Crippen LogP contribution in [0.15, 0.2) is 18.2 Å². The number of aliphatic hydroxyl groups is 1. The highest BCUT2D eigenvalue weighted by Gasteiger charge is 2.23. The Bertz CT molecular complexity index is 319. The van der Waals surface area contributed by atoms with Gasteiger partial charge in [0.05, 0.1) is 5.60 Å². The predicted molar refractivity (Wildman–Crippen MR) is 54.5 cm³/mol. The van der Waals surface area contributed by atoms with Crippen LogP contribution in [0, 0.1) is 11.6 Å². The van der Waals surface area contributed by atoms with Crippen LogP contribution in [0.4, 0.5) is 8.78 Å². The zero-order valence-electron chi connectivity index (χ0n) is 8.85. The Labute approximate surface area is 87.9 Å². The summed E-state index contributed by atoms with van der Waals surface area (Å²) >= 11 is 0. The molecule has 1 atom stereocenters. The first-order valence-corrected chi connectivity index (χ1v) is 4.79. The highest BCUT2D eigenvalue weighted by Crippen LogP contribution is 2.25. The quantitative estimate of drug-likeness (QED) is 0.802. The topological polar surface area (TPSA) is 32.3 Å². The normalized spacial score (nSPS) is 15.0. The number of hydrogen-bond acceptors (Lipinski definition) is 2. The second-order valence-corrected chi connectivity index (χ2v) is 3.79. The molecule has 4 heteroatoms. The summed E-state index contributed by atoms with van der Waals surface area (Å²) in [5.41, 5.74) is -0.957. The van der Waals surface area contributed by atoms with Crippen LogP contribution in [0.25, 0.3) is 0 Å². The van der Waals surface area contributed by atoms with Crippen molar-refractivity contribution in [3.8, 4) is 0 Å². The average Bonchev–Trinajstić information content (AvgIpc) is 2.13. The summed E-state index contributed by atoms with van der Waals surface area (Å²) < 4.78 is 25.8. The first-order chi connectivity index (χ1) is 6.95.